The molecule has 3 fully saturated rings. The number of rotatable bonds is 2. The first-order chi connectivity index (χ1) is 10.1. The zero-order valence-electron chi connectivity index (χ0n) is 11.7. The summed E-state index contributed by atoms with van der Waals surface area (Å²) in [7, 11) is 0. The van der Waals surface area contributed by atoms with E-state index in [4.69, 9.17) is 21.6 Å². The van der Waals surface area contributed by atoms with Gasteiger partial charge in [0.2, 0.25) is 0 Å². The molecule has 0 radical (unpaired) electrons. The second kappa shape index (κ2) is 5.45. The molecule has 1 aliphatic carbocycles. The zero-order chi connectivity index (χ0) is 15.0. The van der Waals surface area contributed by atoms with Crippen molar-refractivity contribution in [3.8, 4) is 12.0 Å². The molecule has 2 bridgehead atoms. The van der Waals surface area contributed by atoms with Crippen LogP contribution in [0.5, 0.6) is 5.75 Å². The van der Waals surface area contributed by atoms with Crippen molar-refractivity contribution in [2.45, 2.75) is 38.3 Å². The number of carbonyl (C=O) groups is 1. The Morgan fingerprint density at radius 2 is 2.14 bits per heavy atom. The van der Waals surface area contributed by atoms with Crippen molar-refractivity contribution < 1.29 is 9.53 Å². The maximum Gasteiger partial charge on any atom is 0.322 e. The molecule has 5 nitrogen and oxygen atoms in total. The maximum absolute atomic E-state index is 12.3. The predicted molar refractivity (Wildman–Crippen MR) is 79.1 cm³/mol. The average molecular weight is 306 g/mol. The van der Waals surface area contributed by atoms with Gasteiger partial charge in [0.1, 0.15) is 0 Å². The van der Waals surface area contributed by atoms with E-state index in [1.54, 1.807) is 24.5 Å². The minimum absolute atomic E-state index is 0.0895. The number of ether oxygens (including phenoxy) is 1. The molecule has 0 spiro atoms. The number of benzene rings is 1. The van der Waals surface area contributed by atoms with Crippen LogP contribution >= 0.6 is 11.6 Å². The van der Waals surface area contributed by atoms with Gasteiger partial charge in [0.05, 0.1) is 5.02 Å². The van der Waals surface area contributed by atoms with Gasteiger partial charge in [-0.25, -0.2) is 4.79 Å². The third kappa shape index (κ3) is 2.64. The lowest BCUT2D eigenvalue weighted by molar-refractivity contribution is -0.00600. The summed E-state index contributed by atoms with van der Waals surface area (Å²) in [5.41, 5.74) is 0.577. The third-order valence-electron chi connectivity index (χ3n) is 4.25. The summed E-state index contributed by atoms with van der Waals surface area (Å²) in [5, 5.41) is 11.7. The quantitative estimate of drug-likeness (QED) is 0.849. The molecule has 2 heterocycles. The highest BCUT2D eigenvalue weighted by molar-refractivity contribution is 6.32. The Morgan fingerprint density at radius 3 is 2.81 bits per heavy atom. The van der Waals surface area contributed by atoms with E-state index in [9.17, 15) is 4.79 Å². The maximum atomic E-state index is 12.3. The van der Waals surface area contributed by atoms with E-state index in [2.05, 4.69) is 12.2 Å². The van der Waals surface area contributed by atoms with Crippen LogP contribution in [0.2, 0.25) is 5.02 Å². The number of carbonyl (C=O) groups excluding carboxylic acids is 1. The van der Waals surface area contributed by atoms with E-state index in [-0.39, 0.29) is 11.8 Å². The van der Waals surface area contributed by atoms with Crippen LogP contribution in [-0.4, -0.2) is 23.0 Å². The van der Waals surface area contributed by atoms with E-state index >= 15 is 0 Å². The Morgan fingerprint density at radius 1 is 1.43 bits per heavy atom. The van der Waals surface area contributed by atoms with E-state index in [0.29, 0.717) is 28.7 Å². The fraction of sp³-hybridized carbons (Fsp3) is 0.467. The van der Waals surface area contributed by atoms with E-state index in [1.165, 1.54) is 0 Å². The fourth-order valence-corrected chi connectivity index (χ4v) is 3.53. The molecule has 0 aromatic heterocycles. The van der Waals surface area contributed by atoms with Gasteiger partial charge in [-0.3, -0.25) is 0 Å². The largest absolute Gasteiger partial charge is 0.386 e. The summed E-state index contributed by atoms with van der Waals surface area (Å²) in [6.45, 7) is 2.24. The number of fused-ring (bicyclic) bond motifs is 2. The highest BCUT2D eigenvalue weighted by atomic mass is 35.5. The second-order valence-corrected chi connectivity index (χ2v) is 6.20. The van der Waals surface area contributed by atoms with Gasteiger partial charge in [-0.05, 0) is 37.3 Å². The topological polar surface area (TPSA) is 65.4 Å². The SMILES string of the molecule is CC1CC2CC(C1)N2C(=O)Nc1ccc(Cl)c(OC#N)c1. The summed E-state index contributed by atoms with van der Waals surface area (Å²) in [6.07, 6.45) is 4.85. The second-order valence-electron chi connectivity index (χ2n) is 5.80. The lowest BCUT2D eigenvalue weighted by Gasteiger charge is -2.54. The van der Waals surface area contributed by atoms with Crippen LogP contribution in [0.25, 0.3) is 0 Å². The number of nitrogens with zero attached hydrogens (tertiary/aromatic N) is 2. The van der Waals surface area contributed by atoms with Gasteiger partial charge in [-0.15, -0.1) is 5.26 Å². The molecule has 1 N–H and O–H groups in total. The van der Waals surface area contributed by atoms with Crippen molar-refractivity contribution in [2.24, 2.45) is 5.92 Å². The van der Waals surface area contributed by atoms with Crippen LogP contribution in [0.4, 0.5) is 10.5 Å². The zero-order valence-corrected chi connectivity index (χ0v) is 12.4. The Hall–Kier alpha value is -1.93. The van der Waals surface area contributed by atoms with E-state index in [0.717, 1.165) is 19.3 Å². The first-order valence-corrected chi connectivity index (χ1v) is 7.41. The molecule has 4 rings (SSSR count). The minimum Gasteiger partial charge on any atom is -0.386 e. The summed E-state index contributed by atoms with van der Waals surface area (Å²) in [4.78, 5) is 14.3. The smallest absolute Gasteiger partial charge is 0.322 e. The average Bonchev–Trinajstić information content (AvgIpc) is 2.42. The summed E-state index contributed by atoms with van der Waals surface area (Å²) < 4.78 is 4.76. The Bertz CT molecular complexity index is 601. The van der Waals surface area contributed by atoms with Crippen molar-refractivity contribution >= 4 is 23.3 Å². The predicted octanol–water partition coefficient (Wildman–Crippen LogP) is 3.60. The molecule has 110 valence electrons. The summed E-state index contributed by atoms with van der Waals surface area (Å²) >= 11 is 5.91. The van der Waals surface area contributed by atoms with Gasteiger partial charge in [0, 0.05) is 23.8 Å². The van der Waals surface area contributed by atoms with Crippen molar-refractivity contribution in [1.82, 2.24) is 4.90 Å². The van der Waals surface area contributed by atoms with Crippen LogP contribution in [0.3, 0.4) is 0 Å². The number of nitriles is 1. The molecule has 2 atom stereocenters. The molecule has 6 heteroatoms. The van der Waals surface area contributed by atoms with Gasteiger partial charge in [-0.2, -0.15) is 0 Å². The Kier molecular flexibility index (Phi) is 3.64. The normalized spacial score (nSPS) is 26.5. The number of hydrogen-bond donors (Lipinski definition) is 1. The first kappa shape index (κ1) is 14.0. The van der Waals surface area contributed by atoms with E-state index in [1.807, 2.05) is 4.90 Å². The van der Waals surface area contributed by atoms with Crippen LogP contribution < -0.4 is 10.1 Å². The molecule has 2 unspecified atom stereocenters. The summed E-state index contributed by atoms with van der Waals surface area (Å²) in [6, 6.07) is 5.49. The summed E-state index contributed by atoms with van der Waals surface area (Å²) in [5.74, 6) is 0.943. The number of hydrogen-bond acceptors (Lipinski definition) is 3. The third-order valence-corrected chi connectivity index (χ3v) is 4.56. The van der Waals surface area contributed by atoms with Gasteiger partial charge in [0.15, 0.2) is 5.75 Å². The number of nitrogens with one attached hydrogen (secondary N) is 1. The molecule has 21 heavy (non-hydrogen) atoms. The van der Waals surface area contributed by atoms with Crippen molar-refractivity contribution in [2.75, 3.05) is 5.32 Å². The Labute approximate surface area is 128 Å². The minimum atomic E-state index is -0.0895. The number of urea groups is 1. The number of piperidine rings is 1. The fourth-order valence-electron chi connectivity index (χ4n) is 3.37. The van der Waals surface area contributed by atoms with Gasteiger partial charge in [-0.1, -0.05) is 18.5 Å². The standard InChI is InChI=1S/C15H16ClN3O2/c1-9-4-11-7-12(5-9)19(11)15(20)18-10-2-3-13(16)14(6-10)21-8-17/h2-3,6,9,11-12H,4-5,7H2,1H3,(H,18,20). The molecule has 1 aromatic carbocycles. The van der Waals surface area contributed by atoms with Crippen molar-refractivity contribution in [3.05, 3.63) is 23.2 Å². The van der Waals surface area contributed by atoms with Gasteiger partial charge >= 0.3 is 6.03 Å². The number of amides is 2. The van der Waals surface area contributed by atoms with Gasteiger partial charge < -0.3 is 15.0 Å². The molecule has 2 aliphatic heterocycles. The van der Waals surface area contributed by atoms with Crippen LogP contribution in [-0.2, 0) is 0 Å². The first-order valence-electron chi connectivity index (χ1n) is 7.03. The van der Waals surface area contributed by atoms with Crippen LogP contribution in [0.1, 0.15) is 26.2 Å². The highest BCUT2D eigenvalue weighted by Crippen LogP contribution is 2.41. The van der Waals surface area contributed by atoms with Crippen molar-refractivity contribution in [3.63, 3.8) is 0 Å². The molecule has 1 aromatic rings. The van der Waals surface area contributed by atoms with Crippen molar-refractivity contribution in [1.29, 1.82) is 5.26 Å². The van der Waals surface area contributed by atoms with E-state index < -0.39 is 0 Å². The number of halogens is 1. The van der Waals surface area contributed by atoms with Gasteiger partial charge in [0.25, 0.3) is 6.26 Å². The molecule has 1 saturated carbocycles. The molecular formula is C15H16ClN3O2. The monoisotopic (exact) mass is 305 g/mol. The molecule has 2 amide bonds. The molecule has 2 saturated heterocycles. The molecule has 3 aliphatic rings. The lowest BCUT2D eigenvalue weighted by Crippen LogP contribution is -2.63. The van der Waals surface area contributed by atoms with Crippen LogP contribution in [0, 0.1) is 17.4 Å². The lowest BCUT2D eigenvalue weighted by atomic mass is 9.74. The van der Waals surface area contributed by atoms with Crippen LogP contribution in [0.15, 0.2) is 18.2 Å². The highest BCUT2D eigenvalue weighted by Gasteiger charge is 2.46. The molecular weight excluding hydrogens is 290 g/mol. The number of anilines is 1. The Balaban J connectivity index is 1.69.